The summed E-state index contributed by atoms with van der Waals surface area (Å²) >= 11 is 0. The number of aromatic nitrogens is 4. The van der Waals surface area contributed by atoms with E-state index in [9.17, 15) is 24.7 Å². The van der Waals surface area contributed by atoms with Gasteiger partial charge in [0.05, 0.1) is 18.8 Å². The fraction of sp³-hybridized carbons (Fsp3) is 0.300. The van der Waals surface area contributed by atoms with E-state index in [0.29, 0.717) is 5.69 Å². The summed E-state index contributed by atoms with van der Waals surface area (Å²) in [5.41, 5.74) is 0.713. The van der Waals surface area contributed by atoms with Crippen LogP contribution in [0.2, 0.25) is 0 Å². The summed E-state index contributed by atoms with van der Waals surface area (Å²) < 4.78 is 16.6. The lowest BCUT2D eigenvalue weighted by atomic mass is 10.1. The van der Waals surface area contributed by atoms with Gasteiger partial charge >= 0.3 is 22.9 Å². The highest BCUT2D eigenvalue weighted by molar-refractivity contribution is 7.54. The average molecular weight is 540 g/mol. The first kappa shape index (κ1) is 26.6. The Morgan fingerprint density at radius 3 is 2.44 bits per heavy atom. The van der Waals surface area contributed by atoms with Crippen LogP contribution in [-0.4, -0.2) is 68.9 Å². The summed E-state index contributed by atoms with van der Waals surface area (Å²) in [4.78, 5) is 60.8. The molecule has 0 aromatic carbocycles. The molecule has 0 amide bonds. The Morgan fingerprint density at radius 2 is 1.72 bits per heavy atom. The third kappa shape index (κ3) is 6.07. The van der Waals surface area contributed by atoms with Crippen molar-refractivity contribution in [3.05, 3.63) is 81.7 Å². The molecule has 1 saturated heterocycles. The first-order chi connectivity index (χ1) is 17.2. The van der Waals surface area contributed by atoms with Gasteiger partial charge in [-0.25, -0.2) is 9.11 Å². The number of ether oxygens (including phenoxy) is 1. The molecule has 4 rings (SSSR count). The predicted octanol–water partition coefficient (Wildman–Crippen LogP) is -0.402. The first-order valence-electron chi connectivity index (χ1n) is 10.4. The van der Waals surface area contributed by atoms with E-state index in [-0.39, 0.29) is 6.54 Å². The molecular weight excluding hydrogens is 518 g/mol. The zero-order valence-corrected chi connectivity index (χ0v) is 20.2. The summed E-state index contributed by atoms with van der Waals surface area (Å²) in [5.74, 6) is 0. The zero-order chi connectivity index (χ0) is 25.8. The average Bonchev–Trinajstić information content (AvgIpc) is 3.14. The Morgan fingerprint density at radius 1 is 1.00 bits per heavy atom. The second-order valence-electron chi connectivity index (χ2n) is 7.62. The van der Waals surface area contributed by atoms with E-state index in [4.69, 9.17) is 19.0 Å². The second kappa shape index (κ2) is 11.7. The molecule has 1 aliphatic heterocycles. The van der Waals surface area contributed by atoms with Crippen LogP contribution in [0.1, 0.15) is 11.9 Å². The third-order valence-electron chi connectivity index (χ3n) is 5.35. The molecule has 0 bridgehead atoms. The van der Waals surface area contributed by atoms with Crippen molar-refractivity contribution in [2.75, 3.05) is 6.61 Å². The summed E-state index contributed by atoms with van der Waals surface area (Å²) in [7, 11) is -5.53. The molecule has 0 radical (unpaired) electrons. The van der Waals surface area contributed by atoms with E-state index in [1.165, 1.54) is 0 Å². The molecule has 0 saturated carbocycles. The molecule has 3 aromatic rings. The molecule has 14 nitrogen and oxygen atoms in total. The van der Waals surface area contributed by atoms with Crippen molar-refractivity contribution < 1.29 is 38.5 Å². The number of nitrogens with zero attached hydrogens (tertiary/aromatic N) is 4. The quantitative estimate of drug-likeness (QED) is 0.220. The molecule has 0 spiro atoms. The topological polar surface area (TPSA) is 199 Å². The van der Waals surface area contributed by atoms with Gasteiger partial charge < -0.3 is 34.2 Å². The minimum atomic E-state index is -2.86. The van der Waals surface area contributed by atoms with Gasteiger partial charge in [-0.3, -0.25) is 23.9 Å². The van der Waals surface area contributed by atoms with E-state index >= 15 is 0 Å². The number of hydrogen-bond donors (Lipinski definition) is 5. The maximum atomic E-state index is 13.2. The van der Waals surface area contributed by atoms with E-state index in [1.54, 1.807) is 30.7 Å². The Labute approximate surface area is 205 Å². The molecule has 3 aromatic heterocycles. The summed E-state index contributed by atoms with van der Waals surface area (Å²) in [6.07, 6.45) is 0.311. The van der Waals surface area contributed by atoms with Gasteiger partial charge in [-0.05, 0) is 35.4 Å². The van der Waals surface area contributed by atoms with Gasteiger partial charge in [-0.15, -0.1) is 0 Å². The molecule has 16 heteroatoms. The van der Waals surface area contributed by atoms with Gasteiger partial charge in [0.25, 0.3) is 5.56 Å². The summed E-state index contributed by atoms with van der Waals surface area (Å²) in [6.45, 7) is -0.646. The van der Waals surface area contributed by atoms with Crippen LogP contribution in [0.5, 0.6) is 0 Å². The van der Waals surface area contributed by atoms with Crippen LogP contribution in [0.4, 0.5) is 0 Å². The molecule has 1 aliphatic rings. The highest BCUT2D eigenvalue weighted by atomic mass is 31.2. The van der Waals surface area contributed by atoms with Crippen LogP contribution in [0.15, 0.2) is 64.7 Å². The highest BCUT2D eigenvalue weighted by Gasteiger charge is 2.44. The summed E-state index contributed by atoms with van der Waals surface area (Å²) in [6, 6.07) is 8.25. The third-order valence-corrected chi connectivity index (χ3v) is 6.86. The number of hydrogen-bond acceptors (Lipinski definition) is 12. The van der Waals surface area contributed by atoms with Gasteiger partial charge in [0.1, 0.15) is 18.3 Å². The summed E-state index contributed by atoms with van der Waals surface area (Å²) in [5, 5.41) is 20.8. The molecule has 36 heavy (non-hydrogen) atoms. The highest BCUT2D eigenvalue weighted by Crippen LogP contribution is 2.46. The van der Waals surface area contributed by atoms with Gasteiger partial charge in [-0.1, -0.05) is 0 Å². The maximum Gasteiger partial charge on any atom is 0.337 e. The van der Waals surface area contributed by atoms with Crippen LogP contribution in [0, 0.1) is 0 Å². The number of aliphatic hydroxyl groups is 2. The maximum absolute atomic E-state index is 13.2. The van der Waals surface area contributed by atoms with Crippen LogP contribution < -0.4 is 11.2 Å². The van der Waals surface area contributed by atoms with Gasteiger partial charge in [0, 0.05) is 30.9 Å². The predicted molar refractivity (Wildman–Crippen MR) is 125 cm³/mol. The Balaban J connectivity index is 1.54. The van der Waals surface area contributed by atoms with Crippen molar-refractivity contribution in [1.29, 1.82) is 0 Å². The van der Waals surface area contributed by atoms with Crippen molar-refractivity contribution in [3.63, 3.8) is 0 Å². The monoisotopic (exact) mass is 540 g/mol. The van der Waals surface area contributed by atoms with Gasteiger partial charge in [-0.2, -0.15) is 0 Å². The van der Waals surface area contributed by atoms with Gasteiger partial charge in [0.2, 0.25) is 0 Å². The SMILES string of the molecule is O=c1ccn(C2OC(COP(O)OP(O)O)C(O)C2O)c(=O)n1Cc1cc(-c2ccncc2)ccn1. The molecule has 192 valence electrons. The van der Waals surface area contributed by atoms with E-state index in [1.807, 2.05) is 12.1 Å². The van der Waals surface area contributed by atoms with Crippen LogP contribution in [0.25, 0.3) is 11.1 Å². The fourth-order valence-corrected chi connectivity index (χ4v) is 4.60. The fourth-order valence-electron chi connectivity index (χ4n) is 3.64. The lowest BCUT2D eigenvalue weighted by Gasteiger charge is -2.19. The van der Waals surface area contributed by atoms with Crippen molar-refractivity contribution in [3.8, 4) is 11.1 Å². The van der Waals surface area contributed by atoms with E-state index in [2.05, 4.69) is 14.3 Å². The molecule has 5 unspecified atom stereocenters. The van der Waals surface area contributed by atoms with Gasteiger partial charge in [0.15, 0.2) is 6.23 Å². The molecule has 1 fully saturated rings. The van der Waals surface area contributed by atoms with Crippen LogP contribution in [0.3, 0.4) is 0 Å². The van der Waals surface area contributed by atoms with Crippen molar-refractivity contribution in [1.82, 2.24) is 19.1 Å². The number of aliphatic hydroxyl groups excluding tert-OH is 2. The molecular formula is C20H22N4O10P2. The van der Waals surface area contributed by atoms with Crippen LogP contribution >= 0.6 is 17.2 Å². The van der Waals surface area contributed by atoms with Crippen LogP contribution in [-0.2, 0) is 20.1 Å². The van der Waals surface area contributed by atoms with Crippen molar-refractivity contribution in [2.45, 2.75) is 31.1 Å². The molecule has 0 aliphatic carbocycles. The number of rotatable bonds is 9. The Hall–Kier alpha value is -2.48. The minimum absolute atomic E-state index is 0.160. The lowest BCUT2D eigenvalue weighted by Crippen LogP contribution is -2.43. The smallest absolute Gasteiger partial charge is 0.337 e. The Kier molecular flexibility index (Phi) is 8.65. The molecule has 4 heterocycles. The zero-order valence-electron chi connectivity index (χ0n) is 18.4. The standard InChI is InChI=1S/C20H22N4O10P2/c25-16-4-8-23(19-18(27)17(26)15(33-19)11-32-36(31)34-35(29)30)20(28)24(16)10-14-9-13(3-7-22-14)12-1-5-21-6-2-12/h1-9,15,17-19,26-27,29-31H,10-11H2. The lowest BCUT2D eigenvalue weighted by molar-refractivity contribution is -0.0530. The largest absolute Gasteiger partial charge is 0.387 e. The number of pyridine rings is 2. The second-order valence-corrected chi connectivity index (χ2v) is 9.51. The normalized spacial score (nSPS) is 22.7. The minimum Gasteiger partial charge on any atom is -0.387 e. The van der Waals surface area contributed by atoms with Crippen molar-refractivity contribution >= 4 is 17.2 Å². The Bertz CT molecular complexity index is 1290. The van der Waals surface area contributed by atoms with E-state index < -0.39 is 59.6 Å². The van der Waals surface area contributed by atoms with Crippen molar-refractivity contribution in [2.24, 2.45) is 0 Å². The van der Waals surface area contributed by atoms with E-state index in [0.717, 1.165) is 32.5 Å². The first-order valence-corrected chi connectivity index (χ1v) is 12.7. The molecule has 5 N–H and O–H groups in total. The molecule has 5 atom stereocenters.